The average Bonchev–Trinajstić information content (AvgIpc) is 2.81. The molecule has 2 nitrogen and oxygen atoms in total. The molecule has 0 aromatic heterocycles. The predicted octanol–water partition coefficient (Wildman–Crippen LogP) is 7.32. The molecule has 2 aliphatic heterocycles. The van der Waals surface area contributed by atoms with Crippen LogP contribution in [0.2, 0.25) is 0 Å². The van der Waals surface area contributed by atoms with Crippen molar-refractivity contribution in [3.05, 3.63) is 94.3 Å². The molecular weight excluding hydrogens is 436 g/mol. The summed E-state index contributed by atoms with van der Waals surface area (Å²) in [7, 11) is 0. The minimum absolute atomic E-state index is 0.111. The van der Waals surface area contributed by atoms with Gasteiger partial charge in [-0.25, -0.2) is 0 Å². The van der Waals surface area contributed by atoms with Gasteiger partial charge in [-0.1, -0.05) is 49.6 Å². The van der Waals surface area contributed by atoms with Crippen LogP contribution in [0.5, 0.6) is 0 Å². The highest BCUT2D eigenvalue weighted by atomic mass is 35.5. The second-order valence-electron chi connectivity index (χ2n) is 10.8. The van der Waals surface area contributed by atoms with Gasteiger partial charge in [-0.3, -0.25) is 0 Å². The summed E-state index contributed by atoms with van der Waals surface area (Å²) in [5.41, 5.74) is 10.4. The van der Waals surface area contributed by atoms with E-state index in [1.807, 2.05) is 0 Å². The van der Waals surface area contributed by atoms with Gasteiger partial charge in [-0.15, -0.1) is 11.6 Å². The normalized spacial score (nSPS) is 23.7. The van der Waals surface area contributed by atoms with Crippen molar-refractivity contribution in [2.45, 2.75) is 89.6 Å². The first-order valence-corrected chi connectivity index (χ1v) is 13.3. The van der Waals surface area contributed by atoms with Crippen molar-refractivity contribution in [1.82, 2.24) is 10.2 Å². The Bertz CT molecular complexity index is 1070. The maximum absolute atomic E-state index is 6.98. The number of fused-ring (bicyclic) bond motifs is 3. The zero-order valence-corrected chi connectivity index (χ0v) is 22.3. The zero-order valence-electron chi connectivity index (χ0n) is 21.5. The van der Waals surface area contributed by atoms with Crippen molar-refractivity contribution in [2.75, 3.05) is 6.54 Å². The topological polar surface area (TPSA) is 15.3 Å². The number of hydrogen-bond acceptors (Lipinski definition) is 2. The molecule has 0 radical (unpaired) electrons. The summed E-state index contributed by atoms with van der Waals surface area (Å²) in [4.78, 5) is 2.55. The van der Waals surface area contributed by atoms with E-state index in [4.69, 9.17) is 11.6 Å². The van der Waals surface area contributed by atoms with Gasteiger partial charge in [-0.05, 0) is 106 Å². The minimum atomic E-state index is -0.111. The van der Waals surface area contributed by atoms with Crippen molar-refractivity contribution in [3.63, 3.8) is 0 Å². The minimum Gasteiger partial charge on any atom is -0.380 e. The fourth-order valence-electron chi connectivity index (χ4n) is 5.67. The van der Waals surface area contributed by atoms with Crippen molar-refractivity contribution < 1.29 is 0 Å². The van der Waals surface area contributed by atoms with Crippen LogP contribution in [0.1, 0.15) is 65.5 Å². The third kappa shape index (κ3) is 5.38. The summed E-state index contributed by atoms with van der Waals surface area (Å²) in [6.07, 6.45) is 7.27. The number of allylic oxidation sites excluding steroid dienone is 2. The van der Waals surface area contributed by atoms with Crippen molar-refractivity contribution in [2.24, 2.45) is 0 Å². The highest BCUT2D eigenvalue weighted by molar-refractivity contribution is 6.21. The van der Waals surface area contributed by atoms with Crippen LogP contribution < -0.4 is 5.32 Å². The molecule has 2 saturated heterocycles. The van der Waals surface area contributed by atoms with Crippen LogP contribution in [0.25, 0.3) is 0 Å². The molecule has 1 aliphatic carbocycles. The van der Waals surface area contributed by atoms with Crippen LogP contribution in [-0.2, 0) is 12.8 Å². The van der Waals surface area contributed by atoms with Gasteiger partial charge in [0.2, 0.25) is 0 Å². The quantitative estimate of drug-likeness (QED) is 0.381. The monoisotopic (exact) mass is 476 g/mol. The van der Waals surface area contributed by atoms with Gasteiger partial charge >= 0.3 is 0 Å². The Morgan fingerprint density at radius 2 is 1.53 bits per heavy atom. The molecule has 34 heavy (non-hydrogen) atoms. The molecule has 3 heteroatoms. The van der Waals surface area contributed by atoms with Crippen molar-refractivity contribution in [1.29, 1.82) is 0 Å². The number of piperidine rings is 2. The zero-order chi connectivity index (χ0) is 24.5. The van der Waals surface area contributed by atoms with E-state index in [0.717, 1.165) is 50.8 Å². The van der Waals surface area contributed by atoms with Gasteiger partial charge in [0, 0.05) is 24.0 Å². The number of nitrogens with zero attached hydrogens (tertiary/aromatic N) is 1. The van der Waals surface area contributed by atoms with Crippen LogP contribution in [0.4, 0.5) is 0 Å². The highest BCUT2D eigenvalue weighted by Crippen LogP contribution is 2.43. The molecular formula is C31H41ClN2. The Morgan fingerprint density at radius 1 is 0.941 bits per heavy atom. The van der Waals surface area contributed by atoms with E-state index in [9.17, 15) is 0 Å². The first-order chi connectivity index (χ1) is 16.2. The van der Waals surface area contributed by atoms with Crippen LogP contribution in [0.3, 0.4) is 0 Å². The van der Waals surface area contributed by atoms with E-state index in [1.165, 1.54) is 45.5 Å². The van der Waals surface area contributed by atoms with E-state index in [-0.39, 0.29) is 10.9 Å². The third-order valence-corrected chi connectivity index (χ3v) is 8.88. The fourth-order valence-corrected chi connectivity index (χ4v) is 6.11. The molecule has 2 aromatic carbocycles. The fraction of sp³-hybridized carbons (Fsp3) is 0.484. The van der Waals surface area contributed by atoms with E-state index in [0.29, 0.717) is 6.04 Å². The maximum atomic E-state index is 6.98. The molecule has 5 rings (SSSR count). The largest absolute Gasteiger partial charge is 0.380 e. The van der Waals surface area contributed by atoms with Crippen molar-refractivity contribution >= 4 is 11.6 Å². The van der Waals surface area contributed by atoms with Crippen LogP contribution in [0.15, 0.2) is 61.0 Å². The smallest absolute Gasteiger partial charge is 0.0709 e. The molecule has 3 atom stereocenters. The number of nitrogens with one attached hydrogen (secondary N) is 1. The summed E-state index contributed by atoms with van der Waals surface area (Å²) in [5.74, 6) is 0. The van der Waals surface area contributed by atoms with Crippen molar-refractivity contribution in [3.8, 4) is 0 Å². The van der Waals surface area contributed by atoms with Gasteiger partial charge < -0.3 is 10.2 Å². The van der Waals surface area contributed by atoms with Crippen LogP contribution in [0, 0.1) is 27.7 Å². The van der Waals surface area contributed by atoms with Gasteiger partial charge in [-0.2, -0.15) is 0 Å². The lowest BCUT2D eigenvalue weighted by molar-refractivity contribution is 0.0412. The van der Waals surface area contributed by atoms with Gasteiger partial charge in [0.25, 0.3) is 0 Å². The number of rotatable bonds is 9. The molecule has 3 unspecified atom stereocenters. The molecule has 1 saturated carbocycles. The summed E-state index contributed by atoms with van der Waals surface area (Å²) >= 11 is 6.98. The van der Waals surface area contributed by atoms with E-state index in [2.05, 4.69) is 87.5 Å². The highest BCUT2D eigenvalue weighted by Gasteiger charge is 2.51. The summed E-state index contributed by atoms with van der Waals surface area (Å²) in [5, 5.41) is 3.96. The second-order valence-corrected chi connectivity index (χ2v) is 11.3. The first kappa shape index (κ1) is 24.9. The molecule has 2 heterocycles. The van der Waals surface area contributed by atoms with Gasteiger partial charge in [0.05, 0.1) is 10.9 Å². The third-order valence-electron chi connectivity index (χ3n) is 8.29. The number of hydrogen-bond donors (Lipinski definition) is 1. The number of benzene rings is 2. The lowest BCUT2D eigenvalue weighted by Gasteiger charge is -2.57. The molecule has 2 bridgehead atoms. The van der Waals surface area contributed by atoms with Crippen LogP contribution in [-0.4, -0.2) is 28.4 Å². The average molecular weight is 477 g/mol. The molecule has 0 amide bonds. The first-order valence-electron chi connectivity index (χ1n) is 12.8. The number of halogens is 1. The van der Waals surface area contributed by atoms with E-state index in [1.54, 1.807) is 0 Å². The number of aryl methyl sites for hydroxylation is 6. The Labute approximate surface area is 212 Å². The standard InChI is InChI=1S/C31H41ClN2/c1-21-7-11-27(17-23(21)3)13-9-25(5)33-31-16-15-29(19-30(31)32)34(20-31)26(6)10-14-28-12-8-22(2)24(4)18-28/h7-8,11-12,17-18,29-30,33H,5-6,9-10,13-16,19-20H2,1-4H3. The Balaban J connectivity index is 1.36. The predicted molar refractivity (Wildman–Crippen MR) is 147 cm³/mol. The lowest BCUT2D eigenvalue weighted by atomic mass is 9.72. The van der Waals surface area contributed by atoms with E-state index < -0.39 is 0 Å². The Hall–Kier alpha value is -2.19. The second kappa shape index (κ2) is 10.2. The summed E-state index contributed by atoms with van der Waals surface area (Å²) in [6, 6.07) is 14.1. The lowest BCUT2D eigenvalue weighted by Crippen LogP contribution is -2.68. The van der Waals surface area contributed by atoms with Gasteiger partial charge in [0.1, 0.15) is 0 Å². The molecule has 2 aromatic rings. The van der Waals surface area contributed by atoms with Gasteiger partial charge in [0.15, 0.2) is 0 Å². The number of alkyl halides is 1. The summed E-state index contributed by atoms with van der Waals surface area (Å²) in [6.45, 7) is 18.6. The molecule has 1 N–H and O–H groups in total. The SMILES string of the molecule is C=C(CCc1ccc(C)c(C)c1)NC12CCC(CC1Cl)N(C(=C)CCc1ccc(C)c(C)c1)C2. The summed E-state index contributed by atoms with van der Waals surface area (Å²) < 4.78 is 0. The van der Waals surface area contributed by atoms with E-state index >= 15 is 0 Å². The molecule has 3 aliphatic rings. The Morgan fingerprint density at radius 3 is 2.09 bits per heavy atom. The molecule has 0 spiro atoms. The van der Waals surface area contributed by atoms with Crippen LogP contribution >= 0.6 is 11.6 Å². The maximum Gasteiger partial charge on any atom is 0.0709 e. The Kier molecular flexibility index (Phi) is 7.48. The molecule has 3 fully saturated rings. The molecule has 182 valence electrons.